The van der Waals surface area contributed by atoms with Crippen LogP contribution in [0.5, 0.6) is 5.75 Å². The molecule has 1 rings (SSSR count). The lowest BCUT2D eigenvalue weighted by atomic mass is 10.2. The van der Waals surface area contributed by atoms with Crippen molar-refractivity contribution in [2.45, 2.75) is 20.8 Å². The van der Waals surface area contributed by atoms with Crippen molar-refractivity contribution in [3.05, 3.63) is 23.8 Å². The quantitative estimate of drug-likeness (QED) is 0.774. The van der Waals surface area contributed by atoms with E-state index in [0.29, 0.717) is 18.2 Å². The van der Waals surface area contributed by atoms with Gasteiger partial charge in [0.2, 0.25) is 0 Å². The number of phenols is 1. The molecular weight excluding hydrogens is 206 g/mol. The van der Waals surface area contributed by atoms with Crippen molar-refractivity contribution in [3.8, 4) is 5.75 Å². The molecule has 1 aromatic carbocycles. The van der Waals surface area contributed by atoms with Crippen molar-refractivity contribution in [3.63, 3.8) is 0 Å². The second-order valence-corrected chi connectivity index (χ2v) is 4.12. The molecule has 0 aliphatic carbocycles. The van der Waals surface area contributed by atoms with E-state index in [-0.39, 0.29) is 5.75 Å². The summed E-state index contributed by atoms with van der Waals surface area (Å²) in [4.78, 5) is 11.4. The number of anilines is 1. The molecule has 88 valence electrons. The van der Waals surface area contributed by atoms with Crippen LogP contribution in [0.4, 0.5) is 10.5 Å². The van der Waals surface area contributed by atoms with Gasteiger partial charge in [-0.1, -0.05) is 13.8 Å². The molecule has 0 atom stereocenters. The standard InChI is InChI=1S/C12H17NO3/c1-8(2)7-16-12(15)13-11-5-4-10(14)6-9(11)3/h4-6,8,14H,7H2,1-3H3,(H,13,15). The van der Waals surface area contributed by atoms with Crippen LogP contribution in [-0.2, 0) is 4.74 Å². The summed E-state index contributed by atoms with van der Waals surface area (Å²) in [5.74, 6) is 0.491. The van der Waals surface area contributed by atoms with Crippen molar-refractivity contribution >= 4 is 11.8 Å². The third-order valence-corrected chi connectivity index (χ3v) is 1.99. The molecule has 0 radical (unpaired) electrons. The highest BCUT2D eigenvalue weighted by Crippen LogP contribution is 2.20. The molecule has 4 nitrogen and oxygen atoms in total. The number of benzene rings is 1. The van der Waals surface area contributed by atoms with Crippen LogP contribution in [0.2, 0.25) is 0 Å². The normalized spacial score (nSPS) is 10.2. The number of hydrogen-bond acceptors (Lipinski definition) is 3. The molecule has 4 heteroatoms. The van der Waals surface area contributed by atoms with Crippen LogP contribution in [-0.4, -0.2) is 17.8 Å². The van der Waals surface area contributed by atoms with Gasteiger partial charge in [0.15, 0.2) is 0 Å². The Bertz CT molecular complexity index is 375. The van der Waals surface area contributed by atoms with E-state index in [0.717, 1.165) is 5.56 Å². The van der Waals surface area contributed by atoms with Gasteiger partial charge in [-0.3, -0.25) is 5.32 Å². The van der Waals surface area contributed by atoms with Gasteiger partial charge in [0.25, 0.3) is 0 Å². The van der Waals surface area contributed by atoms with Crippen molar-refractivity contribution in [1.29, 1.82) is 0 Å². The predicted molar refractivity (Wildman–Crippen MR) is 62.7 cm³/mol. The summed E-state index contributed by atoms with van der Waals surface area (Å²) in [6.45, 7) is 6.14. The summed E-state index contributed by atoms with van der Waals surface area (Å²) in [5.41, 5.74) is 1.44. The minimum Gasteiger partial charge on any atom is -0.508 e. The van der Waals surface area contributed by atoms with Crippen molar-refractivity contribution < 1.29 is 14.6 Å². The Morgan fingerprint density at radius 3 is 2.75 bits per heavy atom. The molecule has 0 saturated carbocycles. The molecule has 0 aromatic heterocycles. The lowest BCUT2D eigenvalue weighted by Crippen LogP contribution is -2.17. The van der Waals surface area contributed by atoms with Crippen LogP contribution in [0.1, 0.15) is 19.4 Å². The highest BCUT2D eigenvalue weighted by atomic mass is 16.5. The summed E-state index contributed by atoms with van der Waals surface area (Å²) < 4.78 is 4.98. The number of aryl methyl sites for hydroxylation is 1. The lowest BCUT2D eigenvalue weighted by Gasteiger charge is -2.10. The number of carbonyl (C=O) groups excluding carboxylic acids is 1. The van der Waals surface area contributed by atoms with E-state index in [1.54, 1.807) is 19.1 Å². The van der Waals surface area contributed by atoms with Crippen LogP contribution in [0.25, 0.3) is 0 Å². The van der Waals surface area contributed by atoms with Gasteiger partial charge in [-0.25, -0.2) is 4.79 Å². The van der Waals surface area contributed by atoms with Crippen LogP contribution < -0.4 is 5.32 Å². The molecule has 0 unspecified atom stereocenters. The minimum absolute atomic E-state index is 0.179. The molecule has 0 fully saturated rings. The average Bonchev–Trinajstić information content (AvgIpc) is 2.19. The summed E-state index contributed by atoms with van der Waals surface area (Å²) in [7, 11) is 0. The van der Waals surface area contributed by atoms with Gasteiger partial charge in [-0.2, -0.15) is 0 Å². The van der Waals surface area contributed by atoms with Gasteiger partial charge in [0, 0.05) is 5.69 Å². The lowest BCUT2D eigenvalue weighted by molar-refractivity contribution is 0.147. The number of amides is 1. The fourth-order valence-corrected chi connectivity index (χ4v) is 1.18. The summed E-state index contributed by atoms with van der Waals surface area (Å²) >= 11 is 0. The molecular formula is C12H17NO3. The van der Waals surface area contributed by atoms with Gasteiger partial charge in [0.1, 0.15) is 5.75 Å². The first-order valence-corrected chi connectivity index (χ1v) is 5.22. The number of phenolic OH excluding ortho intramolecular Hbond substituents is 1. The van der Waals surface area contributed by atoms with E-state index in [1.165, 1.54) is 6.07 Å². The van der Waals surface area contributed by atoms with Gasteiger partial charge in [-0.15, -0.1) is 0 Å². The molecule has 2 N–H and O–H groups in total. The molecule has 1 aromatic rings. The number of hydrogen-bond donors (Lipinski definition) is 2. The zero-order valence-corrected chi connectivity index (χ0v) is 9.78. The van der Waals surface area contributed by atoms with Crippen LogP contribution in [0, 0.1) is 12.8 Å². The maximum atomic E-state index is 11.4. The van der Waals surface area contributed by atoms with E-state index >= 15 is 0 Å². The van der Waals surface area contributed by atoms with Crippen molar-refractivity contribution in [1.82, 2.24) is 0 Å². The molecule has 0 spiro atoms. The highest BCUT2D eigenvalue weighted by Gasteiger charge is 2.06. The molecule has 0 bridgehead atoms. The zero-order chi connectivity index (χ0) is 12.1. The second kappa shape index (κ2) is 5.39. The summed E-state index contributed by atoms with van der Waals surface area (Å²) in [6.07, 6.45) is -0.470. The monoisotopic (exact) mass is 223 g/mol. The predicted octanol–water partition coefficient (Wildman–Crippen LogP) is 2.91. The van der Waals surface area contributed by atoms with E-state index in [9.17, 15) is 9.90 Å². The maximum absolute atomic E-state index is 11.4. The maximum Gasteiger partial charge on any atom is 0.411 e. The van der Waals surface area contributed by atoms with Gasteiger partial charge in [-0.05, 0) is 36.6 Å². The number of rotatable bonds is 3. The Hall–Kier alpha value is -1.71. The molecule has 0 heterocycles. The van der Waals surface area contributed by atoms with Gasteiger partial charge in [0.05, 0.1) is 6.61 Å². The zero-order valence-electron chi connectivity index (χ0n) is 9.78. The van der Waals surface area contributed by atoms with E-state index in [1.807, 2.05) is 13.8 Å². The van der Waals surface area contributed by atoms with Crippen LogP contribution in [0.3, 0.4) is 0 Å². The Labute approximate surface area is 95.2 Å². The Morgan fingerprint density at radius 2 is 2.19 bits per heavy atom. The number of nitrogens with one attached hydrogen (secondary N) is 1. The SMILES string of the molecule is Cc1cc(O)ccc1NC(=O)OCC(C)C. The van der Waals surface area contributed by atoms with Gasteiger partial charge < -0.3 is 9.84 Å². The van der Waals surface area contributed by atoms with Crippen LogP contribution in [0.15, 0.2) is 18.2 Å². The van der Waals surface area contributed by atoms with Crippen molar-refractivity contribution in [2.75, 3.05) is 11.9 Å². The third kappa shape index (κ3) is 3.81. The fraction of sp³-hybridized carbons (Fsp3) is 0.417. The molecule has 0 aliphatic rings. The average molecular weight is 223 g/mol. The molecule has 0 saturated heterocycles. The van der Waals surface area contributed by atoms with E-state index < -0.39 is 6.09 Å². The first-order chi connectivity index (χ1) is 7.49. The first-order valence-electron chi connectivity index (χ1n) is 5.22. The fourth-order valence-electron chi connectivity index (χ4n) is 1.18. The third-order valence-electron chi connectivity index (χ3n) is 1.99. The summed E-state index contributed by atoms with van der Waals surface area (Å²) in [5, 5.41) is 11.8. The highest BCUT2D eigenvalue weighted by molar-refractivity contribution is 5.85. The molecule has 0 aliphatic heterocycles. The Morgan fingerprint density at radius 1 is 1.50 bits per heavy atom. The smallest absolute Gasteiger partial charge is 0.411 e. The minimum atomic E-state index is -0.470. The molecule has 1 amide bonds. The van der Waals surface area contributed by atoms with Crippen molar-refractivity contribution in [2.24, 2.45) is 5.92 Å². The van der Waals surface area contributed by atoms with E-state index in [4.69, 9.17) is 4.74 Å². The second-order valence-electron chi connectivity index (χ2n) is 4.12. The Kier molecular flexibility index (Phi) is 4.17. The first kappa shape index (κ1) is 12.4. The molecule has 16 heavy (non-hydrogen) atoms. The van der Waals surface area contributed by atoms with Gasteiger partial charge >= 0.3 is 6.09 Å². The number of aromatic hydroxyl groups is 1. The Balaban J connectivity index is 2.56. The van der Waals surface area contributed by atoms with Crippen LogP contribution >= 0.6 is 0 Å². The van der Waals surface area contributed by atoms with E-state index in [2.05, 4.69) is 5.32 Å². The number of ether oxygens (including phenoxy) is 1. The topological polar surface area (TPSA) is 58.6 Å². The largest absolute Gasteiger partial charge is 0.508 e. The number of carbonyl (C=O) groups is 1. The summed E-state index contributed by atoms with van der Waals surface area (Å²) in [6, 6.07) is 4.74.